The second-order valence-corrected chi connectivity index (χ2v) is 18.7. The van der Waals surface area contributed by atoms with E-state index in [0.717, 1.165) is 43.2 Å². The lowest BCUT2D eigenvalue weighted by Gasteiger charge is -2.27. The number of hydrogen-bond acceptors (Lipinski definition) is 10. The topological polar surface area (TPSA) is 121 Å². The zero-order chi connectivity index (χ0) is 30.7. The number of pyridine rings is 1. The highest BCUT2D eigenvalue weighted by Gasteiger charge is 2.50. The average molecular weight is 647 g/mol. The Morgan fingerprint density at radius 1 is 1.00 bits per heavy atom. The fourth-order valence-electron chi connectivity index (χ4n) is 5.63. The molecule has 3 saturated heterocycles. The van der Waals surface area contributed by atoms with Crippen LogP contribution in [-0.4, -0.2) is 92.9 Å². The number of nitrogens with two attached hydrogens (primary N) is 1. The predicted molar refractivity (Wildman–Crippen MR) is 169 cm³/mol. The summed E-state index contributed by atoms with van der Waals surface area (Å²) in [6.07, 6.45) is 1.77. The molecule has 0 saturated carbocycles. The van der Waals surface area contributed by atoms with Crippen molar-refractivity contribution in [2.24, 2.45) is 5.73 Å². The average Bonchev–Trinajstić information content (AvgIpc) is 3.69. The number of nitrogens with zero attached hydrogens (tertiary/aromatic N) is 3. The van der Waals surface area contributed by atoms with Crippen LogP contribution in [0.3, 0.4) is 0 Å². The molecule has 3 aromatic rings. The van der Waals surface area contributed by atoms with Crippen LogP contribution >= 0.6 is 11.6 Å². The molecule has 5 atom stereocenters. The third-order valence-corrected chi connectivity index (χ3v) is 10.0. The maximum Gasteiger partial charge on any atom is 0.301 e. The first-order valence-electron chi connectivity index (χ1n) is 15.5. The molecule has 5 heterocycles. The van der Waals surface area contributed by atoms with Gasteiger partial charge in [-0.15, -0.1) is 0 Å². The van der Waals surface area contributed by atoms with Crippen LogP contribution in [0.2, 0.25) is 30.7 Å². The van der Waals surface area contributed by atoms with Gasteiger partial charge in [0.15, 0.2) is 18.0 Å². The van der Waals surface area contributed by atoms with Gasteiger partial charge < -0.3 is 38.9 Å². The number of aromatic nitrogens is 3. The Morgan fingerprint density at radius 2 is 1.77 bits per heavy atom. The van der Waals surface area contributed by atoms with Gasteiger partial charge in [-0.05, 0) is 55.6 Å². The number of fused-ring (bicyclic) bond motifs is 2. The van der Waals surface area contributed by atoms with Crippen molar-refractivity contribution in [3.8, 4) is 23.0 Å². The summed E-state index contributed by atoms with van der Waals surface area (Å²) in [7, 11) is -1.27. The molecule has 0 aliphatic carbocycles. The van der Waals surface area contributed by atoms with E-state index in [1.807, 2.05) is 34.9 Å². The van der Waals surface area contributed by atoms with Gasteiger partial charge in [0.05, 0.1) is 23.9 Å². The highest BCUT2D eigenvalue weighted by atomic mass is 35.5. The molecule has 1 unspecified atom stereocenters. The molecule has 44 heavy (non-hydrogen) atoms. The van der Waals surface area contributed by atoms with Crippen LogP contribution in [0.5, 0.6) is 11.8 Å². The van der Waals surface area contributed by atoms with E-state index in [1.165, 1.54) is 0 Å². The standard InChI is InChI=1S/C31H43ClN4O7Si/c1-44(2,3)15-14-37-19-36-30-23(16-22(32)27(35-30)20-7-9-21(10-8-20)38-13-11-33)34-31(36)43-25-18-41-28-24(17-40-29(25)28)42-26-6-4-5-12-39-26/h7-10,16,24-26,28-29H,4-6,11-15,17-19,33H2,1-3H3/t24-,25-,26?,28-,29-/m1/s1. The second-order valence-electron chi connectivity index (χ2n) is 12.7. The minimum atomic E-state index is -1.27. The zero-order valence-corrected chi connectivity index (χ0v) is 27.5. The first-order valence-corrected chi connectivity index (χ1v) is 19.6. The molecule has 240 valence electrons. The summed E-state index contributed by atoms with van der Waals surface area (Å²) in [6.45, 7) is 10.3. The summed E-state index contributed by atoms with van der Waals surface area (Å²) in [5, 5.41) is 0.484. The Balaban J connectivity index is 1.23. The van der Waals surface area contributed by atoms with Gasteiger partial charge in [-0.2, -0.15) is 4.98 Å². The molecular weight excluding hydrogens is 604 g/mol. The van der Waals surface area contributed by atoms with E-state index in [4.69, 9.17) is 60.5 Å². The quantitative estimate of drug-likeness (QED) is 0.204. The number of hydrogen-bond donors (Lipinski definition) is 1. The van der Waals surface area contributed by atoms with Gasteiger partial charge in [0.25, 0.3) is 0 Å². The van der Waals surface area contributed by atoms with E-state index in [0.29, 0.717) is 60.9 Å². The van der Waals surface area contributed by atoms with Crippen molar-refractivity contribution in [3.05, 3.63) is 35.4 Å². The van der Waals surface area contributed by atoms with Gasteiger partial charge in [0.2, 0.25) is 0 Å². The minimum Gasteiger partial charge on any atom is -0.492 e. The van der Waals surface area contributed by atoms with Gasteiger partial charge in [0.1, 0.15) is 42.9 Å². The van der Waals surface area contributed by atoms with Crippen molar-refractivity contribution < 1.29 is 33.2 Å². The molecule has 0 radical (unpaired) electrons. The molecule has 0 amide bonds. The van der Waals surface area contributed by atoms with Crippen LogP contribution in [-0.2, 0) is 30.4 Å². The van der Waals surface area contributed by atoms with Crippen LogP contribution < -0.4 is 15.2 Å². The smallest absolute Gasteiger partial charge is 0.301 e. The third-order valence-electron chi connectivity index (χ3n) is 8.05. The Labute approximate surface area is 264 Å². The van der Waals surface area contributed by atoms with Crippen LogP contribution in [0.1, 0.15) is 19.3 Å². The largest absolute Gasteiger partial charge is 0.492 e. The van der Waals surface area contributed by atoms with Crippen molar-refractivity contribution in [1.82, 2.24) is 14.5 Å². The minimum absolute atomic E-state index is 0.199. The molecule has 6 rings (SSSR count). The summed E-state index contributed by atoms with van der Waals surface area (Å²) >= 11 is 6.75. The molecule has 0 spiro atoms. The highest BCUT2D eigenvalue weighted by Crippen LogP contribution is 2.35. The van der Waals surface area contributed by atoms with E-state index in [9.17, 15) is 0 Å². The van der Waals surface area contributed by atoms with E-state index in [2.05, 4.69) is 19.6 Å². The van der Waals surface area contributed by atoms with Crippen LogP contribution in [0, 0.1) is 0 Å². The van der Waals surface area contributed by atoms with Crippen LogP contribution in [0.25, 0.3) is 22.4 Å². The Hall–Kier alpha value is -2.29. The lowest BCUT2D eigenvalue weighted by Crippen LogP contribution is -2.38. The fraction of sp³-hybridized carbons (Fsp3) is 0.613. The van der Waals surface area contributed by atoms with Gasteiger partial charge in [0, 0.05) is 33.4 Å². The summed E-state index contributed by atoms with van der Waals surface area (Å²) in [5.41, 5.74) is 8.28. The number of imidazole rings is 1. The van der Waals surface area contributed by atoms with Crippen molar-refractivity contribution in [2.75, 3.05) is 39.6 Å². The Morgan fingerprint density at radius 3 is 2.50 bits per heavy atom. The van der Waals surface area contributed by atoms with Gasteiger partial charge in [-0.25, -0.2) is 4.98 Å². The highest BCUT2D eigenvalue weighted by molar-refractivity contribution is 6.76. The SMILES string of the molecule is C[Si](C)(C)CCOCn1c(O[C@@H]2CO[C@H]3[C@@H]2OC[C@H]3OC2CCCCO2)nc2cc(Cl)c(-c3ccc(OCCN)cc3)nc21. The molecule has 13 heteroatoms. The van der Waals surface area contributed by atoms with Gasteiger partial charge in [-0.3, -0.25) is 4.57 Å². The fourth-order valence-corrected chi connectivity index (χ4v) is 6.64. The predicted octanol–water partition coefficient (Wildman–Crippen LogP) is 4.86. The van der Waals surface area contributed by atoms with Crippen molar-refractivity contribution >= 4 is 30.8 Å². The van der Waals surface area contributed by atoms with Gasteiger partial charge in [-0.1, -0.05) is 31.2 Å². The first kappa shape index (κ1) is 31.7. The number of benzene rings is 1. The first-order chi connectivity index (χ1) is 21.3. The zero-order valence-electron chi connectivity index (χ0n) is 25.7. The molecule has 1 aromatic carbocycles. The van der Waals surface area contributed by atoms with Crippen LogP contribution in [0.15, 0.2) is 30.3 Å². The lowest BCUT2D eigenvalue weighted by molar-refractivity contribution is -0.202. The molecule has 2 N–H and O–H groups in total. The molecule has 3 fully saturated rings. The molecule has 3 aliphatic heterocycles. The molecule has 3 aliphatic rings. The molecule has 0 bridgehead atoms. The van der Waals surface area contributed by atoms with E-state index >= 15 is 0 Å². The molecule has 2 aromatic heterocycles. The van der Waals surface area contributed by atoms with E-state index < -0.39 is 8.07 Å². The second kappa shape index (κ2) is 14.0. The summed E-state index contributed by atoms with van der Waals surface area (Å²) in [6, 6.07) is 10.9. The number of halogens is 1. The van der Waals surface area contributed by atoms with E-state index in [1.54, 1.807) is 0 Å². The van der Waals surface area contributed by atoms with Crippen molar-refractivity contribution in [2.45, 2.75) is 82.4 Å². The molecule has 11 nitrogen and oxygen atoms in total. The number of rotatable bonds is 13. The lowest BCUT2D eigenvalue weighted by atomic mass is 10.1. The van der Waals surface area contributed by atoms with Crippen LogP contribution in [0.4, 0.5) is 0 Å². The third kappa shape index (κ3) is 7.39. The Kier molecular flexibility index (Phi) is 10.1. The van der Waals surface area contributed by atoms with E-state index in [-0.39, 0.29) is 37.4 Å². The molecular formula is C31H43ClN4O7Si. The summed E-state index contributed by atoms with van der Waals surface area (Å²) in [4.78, 5) is 9.77. The summed E-state index contributed by atoms with van der Waals surface area (Å²) in [5.74, 6) is 0.734. The maximum absolute atomic E-state index is 6.75. The monoisotopic (exact) mass is 646 g/mol. The summed E-state index contributed by atoms with van der Waals surface area (Å²) < 4.78 is 44.5. The maximum atomic E-state index is 6.75. The number of ether oxygens (including phenoxy) is 7. The van der Waals surface area contributed by atoms with Gasteiger partial charge >= 0.3 is 6.01 Å². The normalized spacial score (nSPS) is 25.4. The van der Waals surface area contributed by atoms with Crippen molar-refractivity contribution in [3.63, 3.8) is 0 Å². The van der Waals surface area contributed by atoms with Crippen molar-refractivity contribution in [1.29, 1.82) is 0 Å². The Bertz CT molecular complexity index is 1400.